The normalized spacial score (nSPS) is 31.0. The number of aliphatic hydroxyl groups excluding tert-OH is 1. The summed E-state index contributed by atoms with van der Waals surface area (Å²) in [5.41, 5.74) is 0.539. The molecule has 2 amide bonds. The van der Waals surface area contributed by atoms with E-state index in [0.29, 0.717) is 36.5 Å². The number of benzene rings is 1. The molecule has 3 saturated heterocycles. The van der Waals surface area contributed by atoms with Crippen LogP contribution in [0, 0.1) is 11.8 Å². The average Bonchev–Trinajstić information content (AvgIpc) is 3.41. The zero-order chi connectivity index (χ0) is 25.3. The van der Waals surface area contributed by atoms with Crippen LogP contribution in [0.2, 0.25) is 5.02 Å². The number of para-hydroxylation sites is 1. The molecule has 1 spiro atoms. The number of anilines is 1. The zero-order valence-electron chi connectivity index (χ0n) is 19.3. The van der Waals surface area contributed by atoms with Crippen LogP contribution in [0.5, 0.6) is 0 Å². The molecule has 0 aromatic heterocycles. The van der Waals surface area contributed by atoms with Gasteiger partial charge in [0.2, 0.25) is 5.91 Å². The number of fused-ring (bicyclic) bond motifs is 1. The van der Waals surface area contributed by atoms with Crippen LogP contribution in [0.15, 0.2) is 36.9 Å². The molecule has 3 heterocycles. The van der Waals surface area contributed by atoms with Crippen molar-refractivity contribution < 1.29 is 24.6 Å². The second-order valence-corrected chi connectivity index (χ2v) is 12.5. The van der Waals surface area contributed by atoms with Gasteiger partial charge in [0.05, 0.1) is 27.3 Å². The predicted octanol–water partition coefficient (Wildman–Crippen LogP) is 3.96. The number of rotatable bonds is 11. The van der Waals surface area contributed by atoms with Gasteiger partial charge in [0, 0.05) is 29.8 Å². The fourth-order valence-corrected chi connectivity index (χ4v) is 9.77. The van der Waals surface area contributed by atoms with Gasteiger partial charge < -0.3 is 20.0 Å². The Morgan fingerprint density at radius 2 is 2.00 bits per heavy atom. The number of thioether (sulfide) groups is 1. The molecule has 0 saturated carbocycles. The Hall–Kier alpha value is -1.55. The first-order chi connectivity index (χ1) is 16.8. The van der Waals surface area contributed by atoms with E-state index in [9.17, 15) is 19.5 Å². The summed E-state index contributed by atoms with van der Waals surface area (Å²) in [6.45, 7) is 4.51. The van der Waals surface area contributed by atoms with Crippen LogP contribution in [0.25, 0.3) is 0 Å². The van der Waals surface area contributed by atoms with E-state index in [1.54, 1.807) is 40.1 Å². The second kappa shape index (κ2) is 10.8. The minimum atomic E-state index is -0.989. The van der Waals surface area contributed by atoms with Gasteiger partial charge in [0.25, 0.3) is 5.91 Å². The molecule has 2 N–H and O–H groups in total. The minimum Gasteiger partial charge on any atom is -0.481 e. The number of hydrogen-bond donors (Lipinski definition) is 2. The van der Waals surface area contributed by atoms with E-state index in [1.807, 2.05) is 0 Å². The summed E-state index contributed by atoms with van der Waals surface area (Å²) in [5, 5.41) is 19.3. The number of carboxylic acid groups (broad SMARTS) is 1. The van der Waals surface area contributed by atoms with E-state index in [2.05, 4.69) is 22.5 Å². The van der Waals surface area contributed by atoms with Crippen LogP contribution in [0.4, 0.5) is 5.69 Å². The van der Waals surface area contributed by atoms with Gasteiger partial charge >= 0.3 is 5.97 Å². The number of carbonyl (C=O) groups excluding carboxylic acids is 2. The van der Waals surface area contributed by atoms with Gasteiger partial charge in [-0.15, -0.1) is 18.3 Å². The molecule has 35 heavy (non-hydrogen) atoms. The van der Waals surface area contributed by atoms with Gasteiger partial charge in [0.1, 0.15) is 6.04 Å². The molecule has 3 fully saturated rings. The lowest BCUT2D eigenvalue weighted by Gasteiger charge is -2.38. The van der Waals surface area contributed by atoms with E-state index < -0.39 is 28.6 Å². The van der Waals surface area contributed by atoms with Crippen molar-refractivity contribution in [3.63, 3.8) is 0 Å². The fourth-order valence-electron chi connectivity index (χ4n) is 5.93. The number of nitrogens with zero attached hydrogens (tertiary/aromatic N) is 2. The highest BCUT2D eigenvalue weighted by molar-refractivity contribution is 9.09. The van der Waals surface area contributed by atoms with Crippen LogP contribution in [-0.4, -0.2) is 73.5 Å². The van der Waals surface area contributed by atoms with Gasteiger partial charge in [0.15, 0.2) is 0 Å². The number of aliphatic hydroxyl groups is 1. The van der Waals surface area contributed by atoms with Crippen molar-refractivity contribution in [2.75, 3.05) is 24.6 Å². The summed E-state index contributed by atoms with van der Waals surface area (Å²) in [6.07, 6.45) is 5.17. The molecule has 1 aromatic rings. The van der Waals surface area contributed by atoms with Crippen molar-refractivity contribution in [1.82, 2.24) is 4.90 Å². The number of likely N-dealkylation sites (tertiary alicyclic amines) is 1. The number of aliphatic carboxylic acids is 1. The Bertz CT molecular complexity index is 1010. The van der Waals surface area contributed by atoms with Crippen molar-refractivity contribution >= 4 is 62.8 Å². The number of alkyl halides is 1. The monoisotopic (exact) mass is 584 g/mol. The Balaban J connectivity index is 1.73. The van der Waals surface area contributed by atoms with E-state index in [-0.39, 0.29) is 35.0 Å². The first kappa shape index (κ1) is 26.5. The lowest BCUT2D eigenvalue weighted by atomic mass is 9.71. The minimum absolute atomic E-state index is 0.0920. The van der Waals surface area contributed by atoms with Gasteiger partial charge in [-0.3, -0.25) is 14.4 Å². The molecular formula is C25H30BrClN2O5S. The van der Waals surface area contributed by atoms with Crippen LogP contribution in [-0.2, 0) is 14.4 Å². The molecule has 2 bridgehead atoms. The molecule has 3 aliphatic rings. The number of carboxylic acids is 1. The van der Waals surface area contributed by atoms with E-state index in [4.69, 9.17) is 16.7 Å². The molecule has 3 unspecified atom stereocenters. The highest BCUT2D eigenvalue weighted by Gasteiger charge is 2.76. The van der Waals surface area contributed by atoms with Gasteiger partial charge in [-0.1, -0.05) is 58.6 Å². The van der Waals surface area contributed by atoms with Gasteiger partial charge in [-0.2, -0.15) is 0 Å². The highest BCUT2D eigenvalue weighted by Crippen LogP contribution is 2.67. The largest absolute Gasteiger partial charge is 0.481 e. The third-order valence-electron chi connectivity index (χ3n) is 7.34. The molecule has 190 valence electrons. The topological polar surface area (TPSA) is 98.2 Å². The van der Waals surface area contributed by atoms with Crippen molar-refractivity contribution in [2.24, 2.45) is 11.8 Å². The summed E-state index contributed by atoms with van der Waals surface area (Å²) < 4.78 is -0.818. The Morgan fingerprint density at radius 3 is 2.66 bits per heavy atom. The maximum Gasteiger partial charge on any atom is 0.308 e. The van der Waals surface area contributed by atoms with Crippen molar-refractivity contribution in [2.45, 2.75) is 53.0 Å². The number of unbranched alkanes of at least 4 members (excludes halogenated alkanes) is 3. The lowest BCUT2D eigenvalue weighted by Crippen LogP contribution is -2.55. The molecule has 0 radical (unpaired) electrons. The Morgan fingerprint density at radius 1 is 1.29 bits per heavy atom. The van der Waals surface area contributed by atoms with Crippen molar-refractivity contribution in [3.8, 4) is 0 Å². The van der Waals surface area contributed by atoms with Gasteiger partial charge in [-0.05, 0) is 31.4 Å². The molecule has 7 nitrogen and oxygen atoms in total. The molecular weight excluding hydrogens is 556 g/mol. The summed E-state index contributed by atoms with van der Waals surface area (Å²) in [5.74, 6) is -3.08. The van der Waals surface area contributed by atoms with Gasteiger partial charge in [-0.25, -0.2) is 0 Å². The van der Waals surface area contributed by atoms with Crippen LogP contribution < -0.4 is 4.90 Å². The predicted molar refractivity (Wildman–Crippen MR) is 141 cm³/mol. The Kier molecular flexibility index (Phi) is 8.20. The summed E-state index contributed by atoms with van der Waals surface area (Å²) in [4.78, 5) is 43.5. The quantitative estimate of drug-likeness (QED) is 0.232. The second-order valence-electron chi connectivity index (χ2n) is 9.36. The first-order valence-electron chi connectivity index (χ1n) is 11.9. The third-order valence-corrected chi connectivity index (χ3v) is 10.9. The SMILES string of the molecule is C=CCN(C(=O)C1N(CCCCCCO)C(=O)[C@@H]2[C@H](C(=O)O)[C@H]3SC12CC3Br)c1ccccc1Cl. The number of carbonyl (C=O) groups is 3. The fraction of sp³-hybridized carbons (Fsp3) is 0.560. The first-order valence-corrected chi connectivity index (χ1v) is 14.1. The maximum absolute atomic E-state index is 14.3. The number of amides is 2. The summed E-state index contributed by atoms with van der Waals surface area (Å²) in [7, 11) is 0. The van der Waals surface area contributed by atoms with Crippen LogP contribution in [0.1, 0.15) is 32.1 Å². The molecule has 4 rings (SSSR count). The number of hydrogen-bond acceptors (Lipinski definition) is 5. The van der Waals surface area contributed by atoms with E-state index in [0.717, 1.165) is 12.8 Å². The van der Waals surface area contributed by atoms with Crippen LogP contribution >= 0.6 is 39.3 Å². The average molecular weight is 586 g/mol. The lowest BCUT2D eigenvalue weighted by molar-refractivity contribution is -0.148. The van der Waals surface area contributed by atoms with Crippen molar-refractivity contribution in [1.29, 1.82) is 0 Å². The molecule has 0 aliphatic carbocycles. The molecule has 10 heteroatoms. The smallest absolute Gasteiger partial charge is 0.308 e. The van der Waals surface area contributed by atoms with E-state index >= 15 is 0 Å². The summed E-state index contributed by atoms with van der Waals surface area (Å²) in [6, 6.07) is 6.27. The highest BCUT2D eigenvalue weighted by atomic mass is 79.9. The maximum atomic E-state index is 14.3. The molecule has 6 atom stereocenters. The van der Waals surface area contributed by atoms with Crippen LogP contribution in [0.3, 0.4) is 0 Å². The standard InChI is InChI=1S/C25H30BrClN2O5S/c1-2-11-28(17-10-6-5-9-16(17)27)23(32)21-25-14-15(26)20(35-25)18(24(33)34)19(25)22(31)29(21)12-7-3-4-8-13-30/h2,5-6,9-10,15,18-21,30H,1,3-4,7-8,11-14H2,(H,33,34)/t15?,18-,19-,20-,21?,25?/m0/s1. The Labute approximate surface area is 223 Å². The van der Waals surface area contributed by atoms with E-state index in [1.165, 1.54) is 11.8 Å². The number of halogens is 2. The molecule has 1 aromatic carbocycles. The molecule has 3 aliphatic heterocycles. The summed E-state index contributed by atoms with van der Waals surface area (Å²) >= 11 is 11.6. The van der Waals surface area contributed by atoms with Crippen molar-refractivity contribution in [3.05, 3.63) is 41.9 Å². The third kappa shape index (κ3) is 4.54. The zero-order valence-corrected chi connectivity index (χ0v) is 22.5.